The monoisotopic (exact) mass is 437 g/mol. The Bertz CT molecular complexity index is 1080. The Kier molecular flexibility index (Phi) is 6.18. The molecular weight excluding hydrogens is 414 g/mol. The number of nitrogens with zero attached hydrogens (tertiary/aromatic N) is 1. The second kappa shape index (κ2) is 9.18. The van der Waals surface area contributed by atoms with Gasteiger partial charge in [-0.2, -0.15) is 0 Å². The second-order valence-electron chi connectivity index (χ2n) is 7.18. The van der Waals surface area contributed by atoms with Crippen molar-refractivity contribution in [3.63, 3.8) is 0 Å². The predicted molar refractivity (Wildman–Crippen MR) is 119 cm³/mol. The molecule has 1 heterocycles. The summed E-state index contributed by atoms with van der Waals surface area (Å²) < 4.78 is 10.5. The zero-order valence-corrected chi connectivity index (χ0v) is 18.1. The molecule has 0 spiro atoms. The molecular formula is C23H23N3O4S. The number of carbonyl (C=O) groups excluding carboxylic acids is 2. The van der Waals surface area contributed by atoms with Gasteiger partial charge in [0.1, 0.15) is 11.5 Å². The molecule has 3 aromatic rings. The van der Waals surface area contributed by atoms with E-state index in [1.54, 1.807) is 18.2 Å². The van der Waals surface area contributed by atoms with Crippen molar-refractivity contribution in [2.75, 3.05) is 19.5 Å². The lowest BCUT2D eigenvalue weighted by atomic mass is 10.1. The average Bonchev–Trinajstić information content (AvgIpc) is 3.37. The van der Waals surface area contributed by atoms with E-state index in [4.69, 9.17) is 9.47 Å². The van der Waals surface area contributed by atoms with E-state index in [9.17, 15) is 9.59 Å². The van der Waals surface area contributed by atoms with Crippen LogP contribution in [0.3, 0.4) is 0 Å². The summed E-state index contributed by atoms with van der Waals surface area (Å²) in [6, 6.07) is 14.8. The smallest absolute Gasteiger partial charge is 0.257 e. The highest BCUT2D eigenvalue weighted by Gasteiger charge is 2.32. The third-order valence-electron chi connectivity index (χ3n) is 5.18. The average molecular weight is 438 g/mol. The first kappa shape index (κ1) is 20.9. The molecule has 0 aliphatic heterocycles. The number of rotatable bonds is 7. The van der Waals surface area contributed by atoms with Gasteiger partial charge in [0.25, 0.3) is 5.91 Å². The summed E-state index contributed by atoms with van der Waals surface area (Å²) in [5.41, 5.74) is 2.21. The molecule has 2 aromatic carbocycles. The molecule has 0 saturated carbocycles. The van der Waals surface area contributed by atoms with Crippen LogP contribution in [0, 0.1) is 0 Å². The first-order chi connectivity index (χ1) is 15.1. The zero-order valence-electron chi connectivity index (χ0n) is 17.3. The third kappa shape index (κ3) is 4.69. The molecule has 1 aromatic heterocycles. The van der Waals surface area contributed by atoms with Crippen molar-refractivity contribution in [2.45, 2.75) is 25.3 Å². The molecule has 2 amide bonds. The van der Waals surface area contributed by atoms with Crippen LogP contribution < -0.4 is 20.1 Å². The molecule has 1 aliphatic carbocycles. The summed E-state index contributed by atoms with van der Waals surface area (Å²) in [5, 5.41) is 6.31. The van der Waals surface area contributed by atoms with Gasteiger partial charge in [0.05, 0.1) is 25.8 Å². The minimum Gasteiger partial charge on any atom is -0.497 e. The van der Waals surface area contributed by atoms with Crippen molar-refractivity contribution >= 4 is 28.3 Å². The number of anilines is 1. The number of benzene rings is 2. The molecule has 1 unspecified atom stereocenters. The third-order valence-corrected chi connectivity index (χ3v) is 6.22. The van der Waals surface area contributed by atoms with E-state index in [-0.39, 0.29) is 17.7 Å². The molecule has 1 atom stereocenters. The summed E-state index contributed by atoms with van der Waals surface area (Å²) in [4.78, 5) is 31.0. The van der Waals surface area contributed by atoms with Crippen LogP contribution >= 0.6 is 11.3 Å². The fraction of sp³-hybridized carbons (Fsp3) is 0.261. The lowest BCUT2D eigenvalue weighted by Crippen LogP contribution is -2.28. The number of hydrogen-bond donors (Lipinski definition) is 2. The van der Waals surface area contributed by atoms with Crippen LogP contribution in [-0.4, -0.2) is 31.0 Å². The topological polar surface area (TPSA) is 89.6 Å². The summed E-state index contributed by atoms with van der Waals surface area (Å²) >= 11 is 1.41. The molecule has 0 fully saturated rings. The number of methoxy groups -OCH3 is 2. The Morgan fingerprint density at radius 1 is 1.10 bits per heavy atom. The molecule has 1 aliphatic rings. The summed E-state index contributed by atoms with van der Waals surface area (Å²) in [6.07, 6.45) is 1.51. The van der Waals surface area contributed by atoms with Gasteiger partial charge in [0, 0.05) is 23.1 Å². The number of thiazole rings is 1. The van der Waals surface area contributed by atoms with Crippen molar-refractivity contribution in [1.29, 1.82) is 0 Å². The van der Waals surface area contributed by atoms with Crippen molar-refractivity contribution in [2.24, 2.45) is 0 Å². The van der Waals surface area contributed by atoms with Gasteiger partial charge in [-0.3, -0.25) is 14.9 Å². The van der Waals surface area contributed by atoms with E-state index in [1.165, 1.54) is 25.6 Å². The van der Waals surface area contributed by atoms with Crippen LogP contribution in [0.4, 0.5) is 5.13 Å². The van der Waals surface area contributed by atoms with E-state index in [0.717, 1.165) is 29.0 Å². The number of ether oxygens (including phenoxy) is 2. The van der Waals surface area contributed by atoms with Gasteiger partial charge in [0.15, 0.2) is 5.13 Å². The Morgan fingerprint density at radius 2 is 1.81 bits per heavy atom. The number of aryl methyl sites for hydroxylation is 1. The van der Waals surface area contributed by atoms with Gasteiger partial charge in [-0.1, -0.05) is 30.3 Å². The van der Waals surface area contributed by atoms with Gasteiger partial charge >= 0.3 is 0 Å². The number of aromatic nitrogens is 1. The standard InChI is InChI=1S/C23H23N3O4S/c1-29-16-10-15(11-17(12-16)30-2)21(27)26-23-25-20-18(8-9-19(20)31-23)22(28)24-13-14-6-4-3-5-7-14/h3-7,10-12,18H,8-9,13H2,1-2H3,(H,24,28)(H,25,26,27). The lowest BCUT2D eigenvalue weighted by molar-refractivity contribution is -0.122. The van der Waals surface area contributed by atoms with Crippen molar-refractivity contribution in [3.8, 4) is 11.5 Å². The van der Waals surface area contributed by atoms with Crippen molar-refractivity contribution in [3.05, 3.63) is 70.2 Å². The molecule has 2 N–H and O–H groups in total. The molecule has 0 bridgehead atoms. The zero-order chi connectivity index (χ0) is 21.8. The van der Waals surface area contributed by atoms with Gasteiger partial charge in [-0.25, -0.2) is 4.98 Å². The molecule has 8 heteroatoms. The Labute approximate surface area is 184 Å². The molecule has 0 saturated heterocycles. The Morgan fingerprint density at radius 3 is 2.48 bits per heavy atom. The largest absolute Gasteiger partial charge is 0.497 e. The van der Waals surface area contributed by atoms with Crippen LogP contribution in [0.15, 0.2) is 48.5 Å². The van der Waals surface area contributed by atoms with Crippen LogP contribution in [0.25, 0.3) is 0 Å². The first-order valence-electron chi connectivity index (χ1n) is 9.93. The molecule has 160 valence electrons. The van der Waals surface area contributed by atoms with E-state index in [2.05, 4.69) is 15.6 Å². The normalized spacial score (nSPS) is 14.6. The Balaban J connectivity index is 1.44. The van der Waals surface area contributed by atoms with E-state index in [1.807, 2.05) is 30.3 Å². The van der Waals surface area contributed by atoms with Gasteiger partial charge in [0.2, 0.25) is 5.91 Å². The molecule has 0 radical (unpaired) electrons. The number of amides is 2. The van der Waals surface area contributed by atoms with Crippen molar-refractivity contribution < 1.29 is 19.1 Å². The Hall–Kier alpha value is -3.39. The van der Waals surface area contributed by atoms with Crippen molar-refractivity contribution in [1.82, 2.24) is 10.3 Å². The van der Waals surface area contributed by atoms with Crippen LogP contribution in [0.5, 0.6) is 11.5 Å². The maximum atomic E-state index is 12.7. The molecule has 7 nitrogen and oxygen atoms in total. The number of nitrogens with one attached hydrogen (secondary N) is 2. The fourth-order valence-electron chi connectivity index (χ4n) is 3.55. The van der Waals surface area contributed by atoms with Gasteiger partial charge in [-0.15, -0.1) is 11.3 Å². The fourth-order valence-corrected chi connectivity index (χ4v) is 4.59. The number of hydrogen-bond acceptors (Lipinski definition) is 6. The second-order valence-corrected chi connectivity index (χ2v) is 8.26. The maximum absolute atomic E-state index is 12.7. The SMILES string of the molecule is COc1cc(OC)cc(C(=O)Nc2nc3c(s2)CCC3C(=O)NCc2ccccc2)c1. The highest BCUT2D eigenvalue weighted by molar-refractivity contribution is 7.16. The van der Waals surface area contributed by atoms with Gasteiger partial charge < -0.3 is 14.8 Å². The summed E-state index contributed by atoms with van der Waals surface area (Å²) in [6.45, 7) is 0.483. The quantitative estimate of drug-likeness (QED) is 0.588. The highest BCUT2D eigenvalue weighted by Crippen LogP contribution is 2.38. The molecule has 31 heavy (non-hydrogen) atoms. The van der Waals surface area contributed by atoms with Crippen LogP contribution in [0.1, 0.15) is 38.8 Å². The number of fused-ring (bicyclic) bond motifs is 1. The van der Waals surface area contributed by atoms with Crippen LogP contribution in [0.2, 0.25) is 0 Å². The van der Waals surface area contributed by atoms with E-state index >= 15 is 0 Å². The van der Waals surface area contributed by atoms with Gasteiger partial charge in [-0.05, 0) is 30.5 Å². The predicted octanol–water partition coefficient (Wildman–Crippen LogP) is 3.76. The minimum absolute atomic E-state index is 0.0386. The molecule has 4 rings (SSSR count). The number of carbonyl (C=O) groups is 2. The van der Waals surface area contributed by atoms with E-state index in [0.29, 0.717) is 28.7 Å². The summed E-state index contributed by atoms with van der Waals surface area (Å²) in [7, 11) is 3.07. The van der Waals surface area contributed by atoms with Crippen LogP contribution in [-0.2, 0) is 17.8 Å². The van der Waals surface area contributed by atoms with E-state index < -0.39 is 0 Å². The highest BCUT2D eigenvalue weighted by atomic mass is 32.1. The first-order valence-corrected chi connectivity index (χ1v) is 10.7. The maximum Gasteiger partial charge on any atom is 0.257 e. The minimum atomic E-state index is -0.310. The summed E-state index contributed by atoms with van der Waals surface area (Å²) in [5.74, 6) is 0.415. The lowest BCUT2D eigenvalue weighted by Gasteiger charge is -2.11.